The van der Waals surface area contributed by atoms with Crippen LogP contribution in [0.3, 0.4) is 0 Å². The molecule has 0 saturated carbocycles. The van der Waals surface area contributed by atoms with Crippen molar-refractivity contribution in [1.82, 2.24) is 0 Å². The van der Waals surface area contributed by atoms with Crippen molar-refractivity contribution in [2.24, 2.45) is 0 Å². The number of ether oxygens (including phenoxy) is 3. The standard InChI is InChI=1S/C8H10O5/c1-7(9)12-5-3-11-4-6-13-8(2)10/h3-6H,1-2H3/b5-3+,6-4+. The van der Waals surface area contributed by atoms with E-state index in [0.717, 1.165) is 25.0 Å². The summed E-state index contributed by atoms with van der Waals surface area (Å²) in [4.78, 5) is 20.4. The fraction of sp³-hybridized carbons (Fsp3) is 0.250. The van der Waals surface area contributed by atoms with Gasteiger partial charge >= 0.3 is 11.9 Å². The summed E-state index contributed by atoms with van der Waals surface area (Å²) >= 11 is 0. The Hall–Kier alpha value is -1.78. The smallest absolute Gasteiger partial charge is 0.307 e. The number of hydrogen-bond donors (Lipinski definition) is 0. The zero-order valence-corrected chi connectivity index (χ0v) is 7.35. The minimum absolute atomic E-state index is 0.441. The monoisotopic (exact) mass is 186 g/mol. The van der Waals surface area contributed by atoms with Gasteiger partial charge in [0.25, 0.3) is 0 Å². The lowest BCUT2D eigenvalue weighted by Gasteiger charge is -1.91. The molecular formula is C8H10O5. The molecule has 0 aliphatic rings. The van der Waals surface area contributed by atoms with Gasteiger partial charge in [-0.3, -0.25) is 9.59 Å². The predicted octanol–water partition coefficient (Wildman–Crippen LogP) is 1.07. The molecule has 0 spiro atoms. The van der Waals surface area contributed by atoms with Crippen LogP contribution in [0, 0.1) is 0 Å². The van der Waals surface area contributed by atoms with Crippen LogP contribution in [-0.4, -0.2) is 11.9 Å². The second kappa shape index (κ2) is 6.90. The van der Waals surface area contributed by atoms with Crippen LogP contribution >= 0.6 is 0 Å². The third-order valence-electron chi connectivity index (χ3n) is 0.736. The van der Waals surface area contributed by atoms with Gasteiger partial charge in [-0.25, -0.2) is 0 Å². The maximum Gasteiger partial charge on any atom is 0.307 e. The average molecular weight is 186 g/mol. The summed E-state index contributed by atoms with van der Waals surface area (Å²) in [5.41, 5.74) is 0. The molecule has 0 aliphatic carbocycles. The maximum atomic E-state index is 10.2. The molecular weight excluding hydrogens is 176 g/mol. The van der Waals surface area contributed by atoms with Crippen LogP contribution in [0.15, 0.2) is 25.0 Å². The zero-order valence-electron chi connectivity index (χ0n) is 7.35. The summed E-state index contributed by atoms with van der Waals surface area (Å²) in [6.45, 7) is 2.53. The van der Waals surface area contributed by atoms with Crippen molar-refractivity contribution in [3.63, 3.8) is 0 Å². The molecule has 0 atom stereocenters. The third-order valence-corrected chi connectivity index (χ3v) is 0.736. The summed E-state index contributed by atoms with van der Waals surface area (Å²) in [7, 11) is 0. The van der Waals surface area contributed by atoms with Gasteiger partial charge < -0.3 is 14.2 Å². The van der Waals surface area contributed by atoms with Crippen LogP contribution in [0.1, 0.15) is 13.8 Å². The van der Waals surface area contributed by atoms with Crippen molar-refractivity contribution in [3.8, 4) is 0 Å². The van der Waals surface area contributed by atoms with Crippen LogP contribution in [0.25, 0.3) is 0 Å². The molecule has 0 radical (unpaired) electrons. The first-order valence-electron chi connectivity index (χ1n) is 3.43. The number of carbonyl (C=O) groups excluding carboxylic acids is 2. The molecule has 0 saturated heterocycles. The third kappa shape index (κ3) is 10.2. The molecule has 0 fully saturated rings. The van der Waals surface area contributed by atoms with E-state index in [1.165, 1.54) is 13.8 Å². The molecule has 0 rings (SSSR count). The number of hydrogen-bond acceptors (Lipinski definition) is 5. The Kier molecular flexibility index (Phi) is 5.96. The highest BCUT2D eigenvalue weighted by Gasteiger charge is 1.84. The van der Waals surface area contributed by atoms with Gasteiger partial charge in [0.15, 0.2) is 0 Å². The fourth-order valence-corrected chi connectivity index (χ4v) is 0.357. The summed E-state index contributed by atoms with van der Waals surface area (Å²) < 4.78 is 13.4. The normalized spacial score (nSPS) is 10.3. The van der Waals surface area contributed by atoms with Gasteiger partial charge in [-0.2, -0.15) is 0 Å². The quantitative estimate of drug-likeness (QED) is 0.485. The molecule has 0 bridgehead atoms. The van der Waals surface area contributed by atoms with Gasteiger partial charge in [-0.05, 0) is 0 Å². The molecule has 72 valence electrons. The van der Waals surface area contributed by atoms with E-state index in [4.69, 9.17) is 0 Å². The van der Waals surface area contributed by atoms with Crippen molar-refractivity contribution in [2.75, 3.05) is 0 Å². The number of rotatable bonds is 4. The first-order valence-corrected chi connectivity index (χ1v) is 3.43. The molecule has 0 unspecified atom stereocenters. The van der Waals surface area contributed by atoms with E-state index in [1.807, 2.05) is 0 Å². The molecule has 13 heavy (non-hydrogen) atoms. The summed E-state index contributed by atoms with van der Waals surface area (Å²) in [6, 6.07) is 0. The molecule has 0 aromatic heterocycles. The van der Waals surface area contributed by atoms with Gasteiger partial charge in [0, 0.05) is 13.8 Å². The van der Waals surface area contributed by atoms with Crippen molar-refractivity contribution < 1.29 is 23.8 Å². The zero-order chi connectivity index (χ0) is 10.1. The molecule has 0 aromatic rings. The van der Waals surface area contributed by atoms with Gasteiger partial charge in [0.2, 0.25) is 0 Å². The average Bonchev–Trinajstić information content (AvgIpc) is 2.01. The first-order chi connectivity index (χ1) is 6.13. The van der Waals surface area contributed by atoms with E-state index >= 15 is 0 Å². The Bertz CT molecular complexity index is 205. The highest BCUT2D eigenvalue weighted by Crippen LogP contribution is 1.85. The van der Waals surface area contributed by atoms with Crippen molar-refractivity contribution in [3.05, 3.63) is 25.0 Å². The van der Waals surface area contributed by atoms with Crippen molar-refractivity contribution in [2.45, 2.75) is 13.8 Å². The van der Waals surface area contributed by atoms with E-state index in [1.54, 1.807) is 0 Å². The van der Waals surface area contributed by atoms with Crippen LogP contribution in [0.2, 0.25) is 0 Å². The van der Waals surface area contributed by atoms with Crippen LogP contribution in [0.5, 0.6) is 0 Å². The second-order valence-electron chi connectivity index (χ2n) is 1.90. The molecule has 5 nitrogen and oxygen atoms in total. The van der Waals surface area contributed by atoms with Crippen LogP contribution in [0.4, 0.5) is 0 Å². The molecule has 5 heteroatoms. The Morgan fingerprint density at radius 3 is 1.54 bits per heavy atom. The maximum absolute atomic E-state index is 10.2. The highest BCUT2D eigenvalue weighted by molar-refractivity contribution is 5.66. The van der Waals surface area contributed by atoms with E-state index in [0.29, 0.717) is 0 Å². The number of carbonyl (C=O) groups is 2. The fourth-order valence-electron chi connectivity index (χ4n) is 0.357. The van der Waals surface area contributed by atoms with Crippen LogP contribution < -0.4 is 0 Å². The largest absolute Gasteiger partial charge is 0.466 e. The molecule has 0 heterocycles. The minimum Gasteiger partial charge on any atom is -0.466 e. The van der Waals surface area contributed by atoms with Gasteiger partial charge in [0.1, 0.15) is 25.0 Å². The van der Waals surface area contributed by atoms with E-state index in [2.05, 4.69) is 14.2 Å². The van der Waals surface area contributed by atoms with Gasteiger partial charge in [-0.15, -0.1) is 0 Å². The Labute approximate surface area is 75.6 Å². The molecule has 0 N–H and O–H groups in total. The molecule has 0 amide bonds. The SMILES string of the molecule is CC(=O)O/C=C/O/C=C/OC(C)=O. The van der Waals surface area contributed by atoms with E-state index in [9.17, 15) is 9.59 Å². The van der Waals surface area contributed by atoms with Crippen LogP contribution in [-0.2, 0) is 23.8 Å². The lowest BCUT2D eigenvalue weighted by molar-refractivity contribution is -0.136. The lowest BCUT2D eigenvalue weighted by Crippen LogP contribution is -1.90. The highest BCUT2D eigenvalue weighted by atomic mass is 16.6. The summed E-state index contributed by atoms with van der Waals surface area (Å²) in [5, 5.41) is 0. The second-order valence-corrected chi connectivity index (χ2v) is 1.90. The van der Waals surface area contributed by atoms with Crippen molar-refractivity contribution >= 4 is 11.9 Å². The van der Waals surface area contributed by atoms with Gasteiger partial charge in [0.05, 0.1) is 0 Å². The van der Waals surface area contributed by atoms with Gasteiger partial charge in [-0.1, -0.05) is 0 Å². The Balaban J connectivity index is 3.43. The number of esters is 2. The molecule has 0 aromatic carbocycles. The Morgan fingerprint density at radius 1 is 0.846 bits per heavy atom. The topological polar surface area (TPSA) is 61.8 Å². The van der Waals surface area contributed by atoms with E-state index < -0.39 is 11.9 Å². The summed E-state index contributed by atoms with van der Waals surface area (Å²) in [5.74, 6) is -0.882. The molecule has 0 aliphatic heterocycles. The van der Waals surface area contributed by atoms with Crippen molar-refractivity contribution in [1.29, 1.82) is 0 Å². The minimum atomic E-state index is -0.441. The summed E-state index contributed by atoms with van der Waals surface area (Å²) in [6.07, 6.45) is 4.39. The first kappa shape index (κ1) is 11.2. The lowest BCUT2D eigenvalue weighted by atomic mass is 10.8. The Morgan fingerprint density at radius 2 is 1.23 bits per heavy atom. The predicted molar refractivity (Wildman–Crippen MR) is 42.9 cm³/mol. The van der Waals surface area contributed by atoms with E-state index in [-0.39, 0.29) is 0 Å².